The molecule has 1 heterocycles. The molecule has 1 spiro atoms. The fourth-order valence-electron chi connectivity index (χ4n) is 3.40. The van der Waals surface area contributed by atoms with Crippen LogP contribution in [0, 0.1) is 5.41 Å². The Hall–Kier alpha value is -0.960. The van der Waals surface area contributed by atoms with Crippen molar-refractivity contribution in [2.45, 2.75) is 51.9 Å². The third kappa shape index (κ3) is 3.82. The monoisotopic (exact) mass is 302 g/mol. The number of nitrogens with zero attached hydrogens (tertiary/aromatic N) is 1. The van der Waals surface area contributed by atoms with Crippen molar-refractivity contribution < 1.29 is 0 Å². The number of aryl methyl sites for hydroxylation is 1. The van der Waals surface area contributed by atoms with E-state index in [0.29, 0.717) is 5.41 Å². The Morgan fingerprint density at radius 3 is 2.52 bits per heavy atom. The summed E-state index contributed by atoms with van der Waals surface area (Å²) in [6, 6.07) is 8.81. The zero-order chi connectivity index (χ0) is 14.5. The lowest BCUT2D eigenvalue weighted by Crippen LogP contribution is -2.35. The van der Waals surface area contributed by atoms with Gasteiger partial charge in [0.05, 0.1) is 0 Å². The van der Waals surface area contributed by atoms with E-state index >= 15 is 0 Å². The molecule has 1 aliphatic carbocycles. The highest BCUT2D eigenvalue weighted by molar-refractivity contribution is 8.14. The molecule has 0 aromatic heterocycles. The highest BCUT2D eigenvalue weighted by Gasteiger charge is 2.34. The van der Waals surface area contributed by atoms with Gasteiger partial charge in [0.25, 0.3) is 0 Å². The van der Waals surface area contributed by atoms with E-state index < -0.39 is 0 Å². The molecule has 1 aromatic rings. The Bertz CT molecular complexity index is 486. The van der Waals surface area contributed by atoms with Gasteiger partial charge in [0, 0.05) is 18.0 Å². The normalized spacial score (nSPS) is 21.1. The molecule has 0 saturated heterocycles. The molecule has 3 rings (SSSR count). The Morgan fingerprint density at radius 2 is 1.90 bits per heavy atom. The number of nitrogens with one attached hydrogen (secondary N) is 1. The number of aliphatic imine (C=N–C) groups is 1. The number of hydrogen-bond acceptors (Lipinski definition) is 3. The molecule has 0 amide bonds. The van der Waals surface area contributed by atoms with E-state index in [9.17, 15) is 0 Å². The second-order valence-corrected chi connectivity index (χ2v) is 7.51. The first kappa shape index (κ1) is 15.0. The summed E-state index contributed by atoms with van der Waals surface area (Å²) in [4.78, 5) is 4.83. The maximum atomic E-state index is 4.83. The Kier molecular flexibility index (Phi) is 4.89. The van der Waals surface area contributed by atoms with Crippen molar-refractivity contribution in [2.75, 3.05) is 17.6 Å². The summed E-state index contributed by atoms with van der Waals surface area (Å²) < 4.78 is 0. The average molecular weight is 302 g/mol. The minimum atomic E-state index is 0.513. The molecule has 1 aromatic carbocycles. The maximum absolute atomic E-state index is 4.83. The molecule has 3 heteroatoms. The fraction of sp³-hybridized carbons (Fsp3) is 0.611. The molecular formula is C18H26N2S. The fourth-order valence-corrected chi connectivity index (χ4v) is 4.57. The molecule has 0 bridgehead atoms. The van der Waals surface area contributed by atoms with Gasteiger partial charge in [0.15, 0.2) is 5.17 Å². The van der Waals surface area contributed by atoms with Crippen molar-refractivity contribution in [1.29, 1.82) is 0 Å². The first-order chi connectivity index (χ1) is 10.3. The Morgan fingerprint density at radius 1 is 1.14 bits per heavy atom. The van der Waals surface area contributed by atoms with Crippen LogP contribution in [0.2, 0.25) is 0 Å². The molecule has 2 aliphatic rings. The summed E-state index contributed by atoms with van der Waals surface area (Å²) in [6.07, 6.45) is 9.35. The van der Waals surface area contributed by atoms with Crippen molar-refractivity contribution >= 4 is 22.6 Å². The lowest BCUT2D eigenvalue weighted by Gasteiger charge is -2.38. The van der Waals surface area contributed by atoms with E-state index in [2.05, 4.69) is 36.5 Å². The number of anilines is 1. The van der Waals surface area contributed by atoms with E-state index in [1.807, 2.05) is 11.8 Å². The van der Waals surface area contributed by atoms with Gasteiger partial charge >= 0.3 is 0 Å². The average Bonchev–Trinajstić information content (AvgIpc) is 2.53. The first-order valence-electron chi connectivity index (χ1n) is 8.33. The standard InChI is InChI=1S/C18H26N2S/c1-2-6-15-7-9-16(10-8-15)20-17-19-13-18(14-21-17)11-4-3-5-12-18/h7-10H,2-6,11-14H2,1H3,(H,19,20). The van der Waals surface area contributed by atoms with Crippen molar-refractivity contribution in [2.24, 2.45) is 10.4 Å². The molecule has 1 saturated carbocycles. The molecule has 0 atom stereocenters. The third-order valence-corrected chi connectivity index (χ3v) is 5.99. The summed E-state index contributed by atoms with van der Waals surface area (Å²) >= 11 is 1.92. The minimum Gasteiger partial charge on any atom is -0.335 e. The van der Waals surface area contributed by atoms with Crippen LogP contribution < -0.4 is 5.32 Å². The summed E-state index contributed by atoms with van der Waals surface area (Å²) in [6.45, 7) is 3.25. The number of rotatable bonds is 3. The second kappa shape index (κ2) is 6.87. The van der Waals surface area contributed by atoms with Crippen LogP contribution in [0.15, 0.2) is 29.3 Å². The number of hydrogen-bond donors (Lipinski definition) is 1. The summed E-state index contributed by atoms with van der Waals surface area (Å²) in [5.74, 6) is 1.24. The van der Waals surface area contributed by atoms with E-state index in [1.165, 1.54) is 61.9 Å². The van der Waals surface area contributed by atoms with Crippen LogP contribution in [-0.4, -0.2) is 17.5 Å². The number of amidine groups is 1. The van der Waals surface area contributed by atoms with E-state index in [4.69, 9.17) is 4.99 Å². The molecule has 21 heavy (non-hydrogen) atoms. The second-order valence-electron chi connectivity index (χ2n) is 6.54. The van der Waals surface area contributed by atoms with Gasteiger partial charge in [0.2, 0.25) is 0 Å². The lowest BCUT2D eigenvalue weighted by atomic mass is 9.75. The van der Waals surface area contributed by atoms with Gasteiger partial charge in [0.1, 0.15) is 0 Å². The molecule has 1 fully saturated rings. The van der Waals surface area contributed by atoms with Crippen LogP contribution in [-0.2, 0) is 6.42 Å². The van der Waals surface area contributed by atoms with Crippen molar-refractivity contribution in [3.63, 3.8) is 0 Å². The van der Waals surface area contributed by atoms with Gasteiger partial charge < -0.3 is 5.32 Å². The zero-order valence-electron chi connectivity index (χ0n) is 13.0. The highest BCUT2D eigenvalue weighted by Crippen LogP contribution is 2.41. The van der Waals surface area contributed by atoms with E-state index in [-0.39, 0.29) is 0 Å². The molecule has 114 valence electrons. The SMILES string of the molecule is CCCc1ccc(NC2=NCC3(CCCCC3)CS2)cc1. The molecular weight excluding hydrogens is 276 g/mol. The topological polar surface area (TPSA) is 24.4 Å². The van der Waals surface area contributed by atoms with Gasteiger partial charge in [-0.1, -0.05) is 56.5 Å². The summed E-state index contributed by atoms with van der Waals surface area (Å²) in [7, 11) is 0. The largest absolute Gasteiger partial charge is 0.335 e. The first-order valence-corrected chi connectivity index (χ1v) is 9.31. The van der Waals surface area contributed by atoms with Crippen LogP contribution in [0.1, 0.15) is 51.0 Å². The lowest BCUT2D eigenvalue weighted by molar-refractivity contribution is 0.232. The Labute approximate surface area is 132 Å². The van der Waals surface area contributed by atoms with Crippen LogP contribution in [0.3, 0.4) is 0 Å². The van der Waals surface area contributed by atoms with E-state index in [0.717, 1.165) is 11.7 Å². The maximum Gasteiger partial charge on any atom is 0.161 e. The quantitative estimate of drug-likeness (QED) is 0.839. The molecule has 0 unspecified atom stereocenters. The Balaban J connectivity index is 1.58. The van der Waals surface area contributed by atoms with Gasteiger partial charge in [-0.15, -0.1) is 0 Å². The molecule has 0 radical (unpaired) electrons. The summed E-state index contributed by atoms with van der Waals surface area (Å²) in [5.41, 5.74) is 3.10. The number of benzene rings is 1. The van der Waals surface area contributed by atoms with Crippen molar-refractivity contribution in [3.05, 3.63) is 29.8 Å². The van der Waals surface area contributed by atoms with Crippen molar-refractivity contribution in [1.82, 2.24) is 0 Å². The van der Waals surface area contributed by atoms with E-state index in [1.54, 1.807) is 0 Å². The van der Waals surface area contributed by atoms with Gasteiger partial charge in [-0.25, -0.2) is 0 Å². The molecule has 1 N–H and O–H groups in total. The predicted molar refractivity (Wildman–Crippen MR) is 94.3 cm³/mol. The number of thioether (sulfide) groups is 1. The van der Waals surface area contributed by atoms with Crippen LogP contribution >= 0.6 is 11.8 Å². The van der Waals surface area contributed by atoms with Crippen LogP contribution in [0.25, 0.3) is 0 Å². The smallest absolute Gasteiger partial charge is 0.161 e. The van der Waals surface area contributed by atoms with Crippen molar-refractivity contribution in [3.8, 4) is 0 Å². The third-order valence-electron chi connectivity index (χ3n) is 4.73. The minimum absolute atomic E-state index is 0.513. The molecule has 1 aliphatic heterocycles. The highest BCUT2D eigenvalue weighted by atomic mass is 32.2. The summed E-state index contributed by atoms with van der Waals surface area (Å²) in [5, 5.41) is 4.59. The zero-order valence-corrected chi connectivity index (χ0v) is 13.8. The molecule has 2 nitrogen and oxygen atoms in total. The van der Waals surface area contributed by atoms with Gasteiger partial charge in [-0.3, -0.25) is 4.99 Å². The van der Waals surface area contributed by atoms with Gasteiger partial charge in [-0.05, 0) is 42.4 Å². The van der Waals surface area contributed by atoms with Crippen LogP contribution in [0.4, 0.5) is 5.69 Å². The predicted octanol–water partition coefficient (Wildman–Crippen LogP) is 5.10. The van der Waals surface area contributed by atoms with Crippen LogP contribution in [0.5, 0.6) is 0 Å². The van der Waals surface area contributed by atoms with Gasteiger partial charge in [-0.2, -0.15) is 0 Å².